The standard InChI is InChI=1S/C18H28N2O2.ClH/c1-4-16(22-17-10-6-5-8-13(17)2)18(21)20-11-7-9-15(12-20)14(3)19;/h5-6,8,10,14-16H,4,7,9,11-12,19H2,1-3H3;1H. The van der Waals surface area contributed by atoms with Crippen molar-refractivity contribution in [2.45, 2.75) is 52.2 Å². The van der Waals surface area contributed by atoms with Crippen molar-refractivity contribution >= 4 is 18.3 Å². The van der Waals surface area contributed by atoms with E-state index in [2.05, 4.69) is 0 Å². The van der Waals surface area contributed by atoms with E-state index in [9.17, 15) is 4.79 Å². The number of halogens is 1. The van der Waals surface area contributed by atoms with Crippen LogP contribution < -0.4 is 10.5 Å². The SMILES string of the molecule is CCC(Oc1ccccc1C)C(=O)N1CCCC(C(C)N)C1.Cl. The molecule has 1 aliphatic rings. The summed E-state index contributed by atoms with van der Waals surface area (Å²) in [5.74, 6) is 1.29. The van der Waals surface area contributed by atoms with Crippen LogP contribution in [-0.4, -0.2) is 36.0 Å². The largest absolute Gasteiger partial charge is 0.480 e. The summed E-state index contributed by atoms with van der Waals surface area (Å²) in [5, 5.41) is 0. The molecule has 2 N–H and O–H groups in total. The molecule has 1 heterocycles. The van der Waals surface area contributed by atoms with Gasteiger partial charge in [-0.2, -0.15) is 0 Å². The average molecular weight is 341 g/mol. The molecule has 0 aromatic heterocycles. The van der Waals surface area contributed by atoms with E-state index in [1.165, 1.54) is 0 Å². The molecule has 0 bridgehead atoms. The molecular weight excluding hydrogens is 312 g/mol. The van der Waals surface area contributed by atoms with Crippen LogP contribution in [0, 0.1) is 12.8 Å². The molecule has 1 saturated heterocycles. The van der Waals surface area contributed by atoms with Crippen molar-refractivity contribution in [3.8, 4) is 5.75 Å². The lowest BCUT2D eigenvalue weighted by molar-refractivity contribution is -0.140. The van der Waals surface area contributed by atoms with Crippen molar-refractivity contribution in [2.24, 2.45) is 11.7 Å². The number of nitrogens with two attached hydrogens (primary N) is 1. The van der Waals surface area contributed by atoms with E-state index in [0.717, 1.165) is 37.2 Å². The molecule has 4 nitrogen and oxygen atoms in total. The van der Waals surface area contributed by atoms with E-state index in [1.54, 1.807) is 0 Å². The highest BCUT2D eigenvalue weighted by Crippen LogP contribution is 2.23. The lowest BCUT2D eigenvalue weighted by atomic mass is 9.92. The normalized spacial score (nSPS) is 20.3. The molecule has 1 fully saturated rings. The molecule has 23 heavy (non-hydrogen) atoms. The van der Waals surface area contributed by atoms with Crippen molar-refractivity contribution in [1.29, 1.82) is 0 Å². The molecule has 0 saturated carbocycles. The van der Waals surface area contributed by atoms with Gasteiger partial charge < -0.3 is 15.4 Å². The third kappa shape index (κ3) is 5.11. The Morgan fingerprint density at radius 2 is 2.13 bits per heavy atom. The van der Waals surface area contributed by atoms with Gasteiger partial charge in [0.15, 0.2) is 6.10 Å². The lowest BCUT2D eigenvalue weighted by Gasteiger charge is -2.36. The fraction of sp³-hybridized carbons (Fsp3) is 0.611. The quantitative estimate of drug-likeness (QED) is 0.895. The summed E-state index contributed by atoms with van der Waals surface area (Å²) in [7, 11) is 0. The molecule has 0 radical (unpaired) electrons. The van der Waals surface area contributed by atoms with Crippen molar-refractivity contribution in [3.05, 3.63) is 29.8 Å². The highest BCUT2D eigenvalue weighted by Gasteiger charge is 2.30. The summed E-state index contributed by atoms with van der Waals surface area (Å²) in [6.07, 6.45) is 2.40. The van der Waals surface area contributed by atoms with Gasteiger partial charge in [0.1, 0.15) is 5.75 Å². The van der Waals surface area contributed by atoms with Crippen LogP contribution in [0.5, 0.6) is 5.75 Å². The molecule has 1 aromatic carbocycles. The van der Waals surface area contributed by atoms with Gasteiger partial charge in [-0.25, -0.2) is 0 Å². The Bertz CT molecular complexity index is 508. The van der Waals surface area contributed by atoms with E-state index < -0.39 is 6.10 Å². The first-order valence-corrected chi connectivity index (χ1v) is 8.29. The number of carbonyl (C=O) groups excluding carboxylic acids is 1. The van der Waals surface area contributed by atoms with E-state index in [4.69, 9.17) is 10.5 Å². The Labute approximate surface area is 145 Å². The zero-order valence-corrected chi connectivity index (χ0v) is 15.1. The number of hydrogen-bond acceptors (Lipinski definition) is 3. The van der Waals surface area contributed by atoms with Gasteiger partial charge in [0.25, 0.3) is 5.91 Å². The number of piperidine rings is 1. The van der Waals surface area contributed by atoms with Crippen LogP contribution in [0.4, 0.5) is 0 Å². The van der Waals surface area contributed by atoms with Crippen LogP contribution in [0.1, 0.15) is 38.7 Å². The molecule has 2 rings (SSSR count). The van der Waals surface area contributed by atoms with Gasteiger partial charge in [-0.1, -0.05) is 25.1 Å². The molecule has 3 unspecified atom stereocenters. The first kappa shape index (κ1) is 19.8. The van der Waals surface area contributed by atoms with Crippen LogP contribution in [0.25, 0.3) is 0 Å². The van der Waals surface area contributed by atoms with Crippen molar-refractivity contribution < 1.29 is 9.53 Å². The first-order chi connectivity index (χ1) is 10.5. The van der Waals surface area contributed by atoms with Gasteiger partial charge in [0.2, 0.25) is 0 Å². The lowest BCUT2D eigenvalue weighted by Crippen LogP contribution is -2.49. The van der Waals surface area contributed by atoms with Gasteiger partial charge in [0, 0.05) is 19.1 Å². The molecule has 1 aromatic rings. The van der Waals surface area contributed by atoms with Gasteiger partial charge in [0.05, 0.1) is 0 Å². The summed E-state index contributed by atoms with van der Waals surface area (Å²) in [5.41, 5.74) is 7.07. The summed E-state index contributed by atoms with van der Waals surface area (Å²) in [6, 6.07) is 7.97. The van der Waals surface area contributed by atoms with Gasteiger partial charge in [-0.15, -0.1) is 12.4 Å². The van der Waals surface area contributed by atoms with Gasteiger partial charge in [-0.3, -0.25) is 4.79 Å². The molecule has 1 amide bonds. The summed E-state index contributed by atoms with van der Waals surface area (Å²) in [6.45, 7) is 7.59. The predicted octanol–water partition coefficient (Wildman–Crippen LogP) is 3.16. The Kier molecular flexibility index (Phi) is 7.86. The number of amides is 1. The van der Waals surface area contributed by atoms with Crippen LogP contribution in [-0.2, 0) is 4.79 Å². The molecule has 0 spiro atoms. The van der Waals surface area contributed by atoms with Gasteiger partial charge >= 0.3 is 0 Å². The topological polar surface area (TPSA) is 55.6 Å². The monoisotopic (exact) mass is 340 g/mol. The van der Waals surface area contributed by atoms with Gasteiger partial charge in [-0.05, 0) is 50.7 Å². The molecular formula is C18H29ClN2O2. The summed E-state index contributed by atoms with van der Waals surface area (Å²) < 4.78 is 5.98. The maximum absolute atomic E-state index is 12.8. The van der Waals surface area contributed by atoms with Crippen LogP contribution in [0.2, 0.25) is 0 Å². The van der Waals surface area contributed by atoms with E-state index in [0.29, 0.717) is 12.3 Å². The highest BCUT2D eigenvalue weighted by atomic mass is 35.5. The molecule has 0 aliphatic carbocycles. The summed E-state index contributed by atoms with van der Waals surface area (Å²) >= 11 is 0. The number of ether oxygens (including phenoxy) is 1. The van der Waals surface area contributed by atoms with Crippen molar-refractivity contribution in [2.75, 3.05) is 13.1 Å². The fourth-order valence-electron chi connectivity index (χ4n) is 2.99. The number of carbonyl (C=O) groups is 1. The molecule has 130 valence electrons. The van der Waals surface area contributed by atoms with Crippen LogP contribution in [0.3, 0.4) is 0 Å². The number of benzene rings is 1. The first-order valence-electron chi connectivity index (χ1n) is 8.29. The minimum absolute atomic E-state index is 0. The van der Waals surface area contributed by atoms with Crippen molar-refractivity contribution in [1.82, 2.24) is 4.90 Å². The smallest absolute Gasteiger partial charge is 0.263 e. The van der Waals surface area contributed by atoms with Crippen molar-refractivity contribution in [3.63, 3.8) is 0 Å². The second-order valence-electron chi connectivity index (χ2n) is 6.33. The van der Waals surface area contributed by atoms with E-state index in [-0.39, 0.29) is 24.4 Å². The number of rotatable bonds is 5. The third-order valence-electron chi connectivity index (χ3n) is 4.52. The minimum Gasteiger partial charge on any atom is -0.480 e. The van der Waals surface area contributed by atoms with E-state index in [1.807, 2.05) is 49.9 Å². The minimum atomic E-state index is -0.409. The number of para-hydroxylation sites is 1. The Hall–Kier alpha value is -1.26. The van der Waals surface area contributed by atoms with E-state index >= 15 is 0 Å². The van der Waals surface area contributed by atoms with Crippen LogP contribution in [0.15, 0.2) is 24.3 Å². The fourth-order valence-corrected chi connectivity index (χ4v) is 2.99. The zero-order valence-electron chi connectivity index (χ0n) is 14.3. The number of nitrogens with zero attached hydrogens (tertiary/aromatic N) is 1. The predicted molar refractivity (Wildman–Crippen MR) is 96.1 cm³/mol. The Balaban J connectivity index is 0.00000264. The maximum atomic E-state index is 12.8. The molecule has 1 aliphatic heterocycles. The second-order valence-corrected chi connectivity index (χ2v) is 6.33. The average Bonchev–Trinajstić information content (AvgIpc) is 2.53. The molecule has 5 heteroatoms. The zero-order chi connectivity index (χ0) is 16.1. The second kappa shape index (κ2) is 9.14. The Morgan fingerprint density at radius 3 is 2.74 bits per heavy atom. The summed E-state index contributed by atoms with van der Waals surface area (Å²) in [4.78, 5) is 14.7. The number of likely N-dealkylation sites (tertiary alicyclic amines) is 1. The maximum Gasteiger partial charge on any atom is 0.263 e. The molecule has 3 atom stereocenters. The highest BCUT2D eigenvalue weighted by molar-refractivity contribution is 5.85. The van der Waals surface area contributed by atoms with Crippen LogP contribution >= 0.6 is 12.4 Å². The number of hydrogen-bond donors (Lipinski definition) is 1. The third-order valence-corrected chi connectivity index (χ3v) is 4.52. The number of aryl methyl sites for hydroxylation is 1. The Morgan fingerprint density at radius 1 is 1.43 bits per heavy atom.